The summed E-state index contributed by atoms with van der Waals surface area (Å²) in [5.74, 6) is 1.39. The maximum atomic E-state index is 6.27. The van der Waals surface area contributed by atoms with E-state index in [9.17, 15) is 0 Å². The van der Waals surface area contributed by atoms with Crippen molar-refractivity contribution in [1.82, 2.24) is 9.55 Å². The van der Waals surface area contributed by atoms with Gasteiger partial charge in [0.15, 0.2) is 0 Å². The topological polar surface area (TPSA) is 17.8 Å². The summed E-state index contributed by atoms with van der Waals surface area (Å²) in [6, 6.07) is 11.6. The van der Waals surface area contributed by atoms with Crippen LogP contribution in [0.2, 0.25) is 10.0 Å². The zero-order valence-corrected chi connectivity index (χ0v) is 13.7. The molecule has 108 valence electrons. The summed E-state index contributed by atoms with van der Waals surface area (Å²) in [6.45, 7) is 2.05. The fraction of sp³-hybridized carbons (Fsp3) is 0.188. The lowest BCUT2D eigenvalue weighted by atomic mass is 10.2. The van der Waals surface area contributed by atoms with Crippen LogP contribution in [0.4, 0.5) is 0 Å². The summed E-state index contributed by atoms with van der Waals surface area (Å²) in [5.41, 5.74) is 3.88. The van der Waals surface area contributed by atoms with Crippen molar-refractivity contribution in [3.05, 3.63) is 57.8 Å². The van der Waals surface area contributed by atoms with E-state index >= 15 is 0 Å². The number of rotatable bonds is 3. The molecular weight excluding hydrogens is 327 g/mol. The molecule has 0 fully saturated rings. The first-order chi connectivity index (χ1) is 10.1. The van der Waals surface area contributed by atoms with Crippen molar-refractivity contribution in [2.75, 3.05) is 5.88 Å². The van der Waals surface area contributed by atoms with Crippen LogP contribution >= 0.6 is 34.8 Å². The second-order valence-electron chi connectivity index (χ2n) is 4.84. The number of halogens is 3. The van der Waals surface area contributed by atoms with E-state index in [-0.39, 0.29) is 0 Å². The Morgan fingerprint density at radius 3 is 2.71 bits per heavy atom. The van der Waals surface area contributed by atoms with Gasteiger partial charge < -0.3 is 0 Å². The molecule has 1 heterocycles. The first-order valence-corrected chi connectivity index (χ1v) is 7.89. The lowest BCUT2D eigenvalue weighted by molar-refractivity contribution is 0.907. The third-order valence-corrected chi connectivity index (χ3v) is 4.16. The molecule has 5 heteroatoms. The van der Waals surface area contributed by atoms with Crippen LogP contribution in [0, 0.1) is 6.92 Å². The first-order valence-electron chi connectivity index (χ1n) is 6.60. The van der Waals surface area contributed by atoms with Crippen LogP contribution in [0.15, 0.2) is 36.4 Å². The summed E-state index contributed by atoms with van der Waals surface area (Å²) in [4.78, 5) is 4.65. The van der Waals surface area contributed by atoms with Crippen LogP contribution in [0.25, 0.3) is 16.7 Å². The number of nitrogens with zero attached hydrogens (tertiary/aromatic N) is 2. The highest BCUT2D eigenvalue weighted by molar-refractivity contribution is 6.35. The summed E-state index contributed by atoms with van der Waals surface area (Å²) in [7, 11) is 0. The molecule has 0 aliphatic heterocycles. The highest BCUT2D eigenvalue weighted by atomic mass is 35.5. The molecule has 3 aromatic rings. The van der Waals surface area contributed by atoms with Crippen LogP contribution in [-0.2, 0) is 6.42 Å². The Balaban J connectivity index is 2.36. The maximum Gasteiger partial charge on any atom is 0.115 e. The molecule has 0 bridgehead atoms. The summed E-state index contributed by atoms with van der Waals surface area (Å²) in [6.07, 6.45) is 0.665. The fourth-order valence-corrected chi connectivity index (χ4v) is 3.00. The normalized spacial score (nSPS) is 11.2. The van der Waals surface area contributed by atoms with Crippen molar-refractivity contribution in [3.63, 3.8) is 0 Å². The van der Waals surface area contributed by atoms with Crippen molar-refractivity contribution < 1.29 is 0 Å². The zero-order chi connectivity index (χ0) is 15.0. The van der Waals surface area contributed by atoms with E-state index in [1.54, 1.807) is 0 Å². The Kier molecular flexibility index (Phi) is 4.12. The van der Waals surface area contributed by atoms with Gasteiger partial charge in [-0.2, -0.15) is 0 Å². The third kappa shape index (κ3) is 2.64. The molecule has 0 aliphatic rings. The molecule has 0 radical (unpaired) electrons. The van der Waals surface area contributed by atoms with Crippen LogP contribution < -0.4 is 0 Å². The van der Waals surface area contributed by atoms with Crippen molar-refractivity contribution in [2.45, 2.75) is 13.3 Å². The number of alkyl halides is 1. The highest BCUT2D eigenvalue weighted by Gasteiger charge is 2.15. The molecule has 1 aromatic heterocycles. The number of aryl methyl sites for hydroxylation is 2. The molecule has 0 amide bonds. The van der Waals surface area contributed by atoms with Gasteiger partial charge in [0.2, 0.25) is 0 Å². The number of benzene rings is 2. The summed E-state index contributed by atoms with van der Waals surface area (Å²) >= 11 is 18.3. The molecule has 21 heavy (non-hydrogen) atoms. The number of fused-ring (bicyclic) bond motifs is 1. The quantitative estimate of drug-likeness (QED) is 0.582. The Hall–Kier alpha value is -1.22. The maximum absolute atomic E-state index is 6.27. The highest BCUT2D eigenvalue weighted by Crippen LogP contribution is 2.29. The Morgan fingerprint density at radius 1 is 1.14 bits per heavy atom. The molecule has 3 rings (SSSR count). The van der Waals surface area contributed by atoms with Crippen LogP contribution in [-0.4, -0.2) is 15.4 Å². The standard InChI is InChI=1S/C16H13Cl3N2/c1-10-5-6-11(18)9-14(10)21-13-4-2-3-12(19)16(13)20-15(21)7-8-17/h2-6,9H,7-8H2,1H3. The van der Waals surface area contributed by atoms with Gasteiger partial charge in [-0.1, -0.05) is 35.3 Å². The van der Waals surface area contributed by atoms with Gasteiger partial charge in [0, 0.05) is 17.3 Å². The minimum Gasteiger partial charge on any atom is -0.296 e. The SMILES string of the molecule is Cc1ccc(Cl)cc1-n1c(CCCl)nc2c(Cl)cccc21. The Morgan fingerprint density at radius 2 is 1.95 bits per heavy atom. The van der Waals surface area contributed by atoms with Gasteiger partial charge in [0.25, 0.3) is 0 Å². The number of hydrogen-bond donors (Lipinski definition) is 0. The molecule has 0 saturated carbocycles. The van der Waals surface area contributed by atoms with Gasteiger partial charge >= 0.3 is 0 Å². The largest absolute Gasteiger partial charge is 0.296 e. The van der Waals surface area contributed by atoms with Crippen LogP contribution in [0.1, 0.15) is 11.4 Å². The first kappa shape index (κ1) is 14.7. The van der Waals surface area contributed by atoms with Gasteiger partial charge in [-0.25, -0.2) is 4.98 Å². The lowest BCUT2D eigenvalue weighted by Gasteiger charge is -2.12. The zero-order valence-electron chi connectivity index (χ0n) is 11.4. The van der Waals surface area contributed by atoms with E-state index < -0.39 is 0 Å². The van der Waals surface area contributed by atoms with Gasteiger partial charge in [-0.3, -0.25) is 4.57 Å². The Labute approximate surface area is 138 Å². The van der Waals surface area contributed by atoms with E-state index in [2.05, 4.69) is 9.55 Å². The minimum atomic E-state index is 0.501. The predicted molar refractivity (Wildman–Crippen MR) is 90.3 cm³/mol. The summed E-state index contributed by atoms with van der Waals surface area (Å²) in [5, 5.41) is 1.33. The van der Waals surface area contributed by atoms with E-state index in [4.69, 9.17) is 34.8 Å². The molecule has 0 saturated heterocycles. The van der Waals surface area contributed by atoms with Crippen LogP contribution in [0.3, 0.4) is 0 Å². The average molecular weight is 340 g/mol. The molecule has 0 spiro atoms. The monoisotopic (exact) mass is 338 g/mol. The molecule has 0 N–H and O–H groups in total. The molecule has 0 aliphatic carbocycles. The molecular formula is C16H13Cl3N2. The minimum absolute atomic E-state index is 0.501. The van der Waals surface area contributed by atoms with E-state index in [1.807, 2.05) is 43.3 Å². The number of hydrogen-bond acceptors (Lipinski definition) is 1. The van der Waals surface area contributed by atoms with E-state index in [0.717, 1.165) is 28.1 Å². The third-order valence-electron chi connectivity index (χ3n) is 3.44. The predicted octanol–water partition coefficient (Wildman–Crippen LogP) is 5.42. The fourth-order valence-electron chi connectivity index (χ4n) is 2.46. The number of aromatic nitrogens is 2. The van der Waals surface area contributed by atoms with Crippen molar-refractivity contribution >= 4 is 45.8 Å². The second-order valence-corrected chi connectivity index (χ2v) is 6.06. The van der Waals surface area contributed by atoms with Crippen molar-refractivity contribution in [2.24, 2.45) is 0 Å². The van der Waals surface area contributed by atoms with E-state index in [0.29, 0.717) is 22.3 Å². The van der Waals surface area contributed by atoms with Crippen molar-refractivity contribution in [1.29, 1.82) is 0 Å². The van der Waals surface area contributed by atoms with Gasteiger partial charge in [-0.05, 0) is 36.8 Å². The second kappa shape index (κ2) is 5.88. The van der Waals surface area contributed by atoms with Gasteiger partial charge in [-0.15, -0.1) is 11.6 Å². The Bertz CT molecular complexity index is 809. The number of imidazole rings is 1. The lowest BCUT2D eigenvalue weighted by Crippen LogP contribution is -2.04. The van der Waals surface area contributed by atoms with Crippen molar-refractivity contribution in [3.8, 4) is 5.69 Å². The molecule has 2 nitrogen and oxygen atoms in total. The number of para-hydroxylation sites is 1. The van der Waals surface area contributed by atoms with Gasteiger partial charge in [0.1, 0.15) is 11.3 Å². The average Bonchev–Trinajstić information content (AvgIpc) is 2.82. The summed E-state index contributed by atoms with van der Waals surface area (Å²) < 4.78 is 2.09. The molecule has 0 atom stereocenters. The molecule has 0 unspecified atom stereocenters. The van der Waals surface area contributed by atoms with Crippen LogP contribution in [0.5, 0.6) is 0 Å². The molecule has 2 aromatic carbocycles. The van der Waals surface area contributed by atoms with Gasteiger partial charge in [0.05, 0.1) is 16.2 Å². The smallest absolute Gasteiger partial charge is 0.115 e. The van der Waals surface area contributed by atoms with E-state index in [1.165, 1.54) is 0 Å².